The maximum absolute atomic E-state index is 11.8. The van der Waals surface area contributed by atoms with Crippen LogP contribution in [0.1, 0.15) is 18.4 Å². The van der Waals surface area contributed by atoms with Crippen molar-refractivity contribution in [3.63, 3.8) is 0 Å². The molecule has 0 bridgehead atoms. The van der Waals surface area contributed by atoms with Crippen molar-refractivity contribution in [2.24, 2.45) is 5.92 Å². The van der Waals surface area contributed by atoms with Crippen molar-refractivity contribution in [2.45, 2.75) is 18.1 Å². The average Bonchev–Trinajstić information content (AvgIpc) is 3.04. The van der Waals surface area contributed by atoms with Crippen LogP contribution in [0.25, 0.3) is 0 Å². The molecule has 0 spiro atoms. The molecule has 17 heavy (non-hydrogen) atoms. The number of benzene rings is 1. The van der Waals surface area contributed by atoms with E-state index in [9.17, 15) is 8.42 Å². The van der Waals surface area contributed by atoms with Crippen LogP contribution < -0.4 is 0 Å². The lowest BCUT2D eigenvalue weighted by molar-refractivity contribution is 0.594. The molecule has 1 aliphatic rings. The van der Waals surface area contributed by atoms with Gasteiger partial charge in [0.05, 0.1) is 17.2 Å². The Labute approximate surface area is 106 Å². The van der Waals surface area contributed by atoms with Crippen LogP contribution in [0.3, 0.4) is 0 Å². The third-order valence-corrected chi connectivity index (χ3v) is 5.61. The molecule has 5 heteroatoms. The number of hydrogen-bond donors (Lipinski definition) is 0. The molecule has 0 N–H and O–H groups in total. The van der Waals surface area contributed by atoms with Crippen LogP contribution in [0.4, 0.5) is 0 Å². The minimum absolute atomic E-state index is 0.0763. The van der Waals surface area contributed by atoms with E-state index in [-0.39, 0.29) is 11.7 Å². The van der Waals surface area contributed by atoms with Gasteiger partial charge in [0.25, 0.3) is 0 Å². The van der Waals surface area contributed by atoms with E-state index in [0.29, 0.717) is 5.02 Å². The van der Waals surface area contributed by atoms with E-state index in [4.69, 9.17) is 16.9 Å². The van der Waals surface area contributed by atoms with Gasteiger partial charge in [-0.1, -0.05) is 30.7 Å². The molecular formula is C12H12ClNO2S. The van der Waals surface area contributed by atoms with Crippen LogP contribution in [0, 0.1) is 17.2 Å². The van der Waals surface area contributed by atoms with Gasteiger partial charge in [0.1, 0.15) is 0 Å². The summed E-state index contributed by atoms with van der Waals surface area (Å²) in [6, 6.07) is 9.15. The fraction of sp³-hybridized carbons (Fsp3) is 0.417. The molecule has 0 unspecified atom stereocenters. The molecule has 1 saturated carbocycles. The lowest BCUT2D eigenvalue weighted by Crippen LogP contribution is -2.12. The Morgan fingerprint density at radius 2 is 2.18 bits per heavy atom. The van der Waals surface area contributed by atoms with Gasteiger partial charge in [0, 0.05) is 16.7 Å². The van der Waals surface area contributed by atoms with Gasteiger partial charge in [-0.25, -0.2) is 8.42 Å². The van der Waals surface area contributed by atoms with Crippen molar-refractivity contribution in [2.75, 3.05) is 5.75 Å². The predicted octanol–water partition coefficient (Wildman–Crippen LogP) is 2.38. The summed E-state index contributed by atoms with van der Waals surface area (Å²) < 4.78 is 23.6. The molecule has 1 fully saturated rings. The molecule has 0 aromatic heterocycles. The Kier molecular flexibility index (Phi) is 3.15. The van der Waals surface area contributed by atoms with E-state index in [1.54, 1.807) is 25.1 Å². The quantitative estimate of drug-likeness (QED) is 0.846. The van der Waals surface area contributed by atoms with Crippen LogP contribution in [0.5, 0.6) is 0 Å². The van der Waals surface area contributed by atoms with E-state index < -0.39 is 21.0 Å². The summed E-state index contributed by atoms with van der Waals surface area (Å²) in [7, 11) is -3.16. The second-order valence-corrected chi connectivity index (χ2v) is 7.04. The minimum Gasteiger partial charge on any atom is -0.228 e. The number of halogens is 1. The first-order valence-electron chi connectivity index (χ1n) is 5.38. The molecule has 1 aromatic rings. The second-order valence-electron chi connectivity index (χ2n) is 4.15. The van der Waals surface area contributed by atoms with Crippen molar-refractivity contribution in [3.8, 4) is 6.07 Å². The molecule has 3 atom stereocenters. The fourth-order valence-electron chi connectivity index (χ4n) is 2.19. The third-order valence-electron chi connectivity index (χ3n) is 3.15. The Hall–Kier alpha value is -1.05. The molecule has 3 nitrogen and oxygen atoms in total. The van der Waals surface area contributed by atoms with Gasteiger partial charge in [-0.2, -0.15) is 5.26 Å². The summed E-state index contributed by atoms with van der Waals surface area (Å²) in [5.41, 5.74) is 0.839. The molecule has 0 aliphatic heterocycles. The normalized spacial score (nSPS) is 27.5. The first-order chi connectivity index (χ1) is 8.01. The summed E-state index contributed by atoms with van der Waals surface area (Å²) in [4.78, 5) is 0. The monoisotopic (exact) mass is 269 g/mol. The highest BCUT2D eigenvalue weighted by atomic mass is 35.5. The van der Waals surface area contributed by atoms with Gasteiger partial charge in [0.15, 0.2) is 9.84 Å². The lowest BCUT2D eigenvalue weighted by atomic mass is 10.1. The summed E-state index contributed by atoms with van der Waals surface area (Å²) >= 11 is 5.87. The first-order valence-corrected chi connectivity index (χ1v) is 7.47. The largest absolute Gasteiger partial charge is 0.228 e. The van der Waals surface area contributed by atoms with E-state index in [1.807, 2.05) is 6.07 Å². The smallest absolute Gasteiger partial charge is 0.154 e. The maximum atomic E-state index is 11.8. The summed E-state index contributed by atoms with van der Waals surface area (Å²) in [6.07, 6.45) is 0. The SMILES string of the molecule is CCS(=O)(=O)[C@H]1[C@H](C#N)[C@@H]1c1cccc(Cl)c1. The number of rotatable bonds is 3. The van der Waals surface area contributed by atoms with Gasteiger partial charge in [-0.05, 0) is 17.7 Å². The van der Waals surface area contributed by atoms with Crippen LogP contribution in [-0.2, 0) is 9.84 Å². The number of sulfone groups is 1. The highest BCUT2D eigenvalue weighted by Crippen LogP contribution is 2.52. The molecule has 0 amide bonds. The number of hydrogen-bond acceptors (Lipinski definition) is 3. The van der Waals surface area contributed by atoms with E-state index in [1.165, 1.54) is 0 Å². The zero-order valence-corrected chi connectivity index (χ0v) is 10.9. The summed E-state index contributed by atoms with van der Waals surface area (Å²) in [5, 5.41) is 9.00. The average molecular weight is 270 g/mol. The van der Waals surface area contributed by atoms with Crippen LogP contribution >= 0.6 is 11.6 Å². The summed E-state index contributed by atoms with van der Waals surface area (Å²) in [6.45, 7) is 1.61. The molecule has 90 valence electrons. The summed E-state index contributed by atoms with van der Waals surface area (Å²) in [5.74, 6) is -0.575. The van der Waals surface area contributed by atoms with Crippen LogP contribution in [-0.4, -0.2) is 19.4 Å². The topological polar surface area (TPSA) is 57.9 Å². The van der Waals surface area contributed by atoms with Gasteiger partial charge in [-0.15, -0.1) is 0 Å². The zero-order chi connectivity index (χ0) is 12.6. The number of nitriles is 1. The fourth-order valence-corrected chi connectivity index (χ4v) is 4.13. The van der Waals surface area contributed by atoms with Crippen molar-refractivity contribution in [3.05, 3.63) is 34.9 Å². The van der Waals surface area contributed by atoms with Crippen molar-refractivity contribution in [1.29, 1.82) is 5.26 Å². The molecule has 0 saturated heterocycles. The highest BCUT2D eigenvalue weighted by molar-refractivity contribution is 7.92. The Bertz CT molecular complexity index is 576. The van der Waals surface area contributed by atoms with E-state index in [2.05, 4.69) is 6.07 Å². The Morgan fingerprint density at radius 3 is 2.71 bits per heavy atom. The van der Waals surface area contributed by atoms with Crippen molar-refractivity contribution < 1.29 is 8.42 Å². The van der Waals surface area contributed by atoms with Gasteiger partial charge in [-0.3, -0.25) is 0 Å². The maximum Gasteiger partial charge on any atom is 0.154 e. The highest BCUT2D eigenvalue weighted by Gasteiger charge is 2.58. The Morgan fingerprint density at radius 1 is 1.47 bits per heavy atom. The molecule has 0 radical (unpaired) electrons. The first kappa shape index (κ1) is 12.4. The second kappa shape index (κ2) is 4.32. The standard InChI is InChI=1S/C12H12ClNO2S/c1-2-17(15,16)12-10(7-14)11(12)8-4-3-5-9(13)6-8/h3-6,10-12H,2H2,1H3/t10-,11+,12+/m1/s1. The Balaban J connectivity index is 2.34. The van der Waals surface area contributed by atoms with E-state index >= 15 is 0 Å². The third kappa shape index (κ3) is 2.18. The van der Waals surface area contributed by atoms with Crippen molar-refractivity contribution in [1.82, 2.24) is 0 Å². The van der Waals surface area contributed by atoms with Gasteiger partial charge >= 0.3 is 0 Å². The minimum atomic E-state index is -3.16. The molecule has 2 rings (SSSR count). The molecule has 1 aliphatic carbocycles. The van der Waals surface area contributed by atoms with Gasteiger partial charge in [0.2, 0.25) is 0 Å². The zero-order valence-electron chi connectivity index (χ0n) is 9.30. The molecular weight excluding hydrogens is 258 g/mol. The van der Waals surface area contributed by atoms with Crippen molar-refractivity contribution >= 4 is 21.4 Å². The van der Waals surface area contributed by atoms with E-state index in [0.717, 1.165) is 5.56 Å². The van der Waals surface area contributed by atoms with Gasteiger partial charge < -0.3 is 0 Å². The van der Waals surface area contributed by atoms with Crippen LogP contribution in [0.2, 0.25) is 5.02 Å². The number of nitrogens with zero attached hydrogens (tertiary/aromatic N) is 1. The molecule has 1 aromatic carbocycles. The molecule has 0 heterocycles. The lowest BCUT2D eigenvalue weighted by Gasteiger charge is -2.00. The van der Waals surface area contributed by atoms with Crippen LogP contribution in [0.15, 0.2) is 24.3 Å². The predicted molar refractivity (Wildman–Crippen MR) is 66.5 cm³/mol.